The first-order chi connectivity index (χ1) is 14.1. The van der Waals surface area contributed by atoms with E-state index in [1.807, 2.05) is 30.3 Å². The molecule has 29 heavy (non-hydrogen) atoms. The first-order valence-corrected chi connectivity index (χ1v) is 9.98. The average Bonchev–Trinajstić information content (AvgIpc) is 2.77. The van der Waals surface area contributed by atoms with E-state index in [0.29, 0.717) is 36.6 Å². The maximum atomic E-state index is 12.2. The van der Waals surface area contributed by atoms with Crippen molar-refractivity contribution in [2.24, 2.45) is 0 Å². The van der Waals surface area contributed by atoms with Crippen LogP contribution in [0, 0.1) is 0 Å². The molecule has 0 fully saturated rings. The number of hydrogen-bond acceptors (Lipinski definition) is 5. The molecule has 6 heteroatoms. The number of nitrogens with zero attached hydrogens (tertiary/aromatic N) is 1. The quantitative estimate of drug-likeness (QED) is 0.551. The van der Waals surface area contributed by atoms with Crippen molar-refractivity contribution in [3.63, 3.8) is 0 Å². The molecule has 0 saturated carbocycles. The molecule has 1 amide bonds. The van der Waals surface area contributed by atoms with Crippen LogP contribution in [0.5, 0.6) is 17.2 Å². The summed E-state index contributed by atoms with van der Waals surface area (Å²) >= 11 is 0. The van der Waals surface area contributed by atoms with Crippen molar-refractivity contribution in [1.29, 1.82) is 0 Å². The van der Waals surface area contributed by atoms with E-state index in [9.17, 15) is 4.79 Å². The molecule has 2 aromatic carbocycles. The second-order valence-corrected chi connectivity index (χ2v) is 6.65. The lowest BCUT2D eigenvalue weighted by molar-refractivity contribution is -0.121. The number of rotatable bonds is 12. The van der Waals surface area contributed by atoms with Crippen LogP contribution in [0.2, 0.25) is 0 Å². The zero-order valence-corrected chi connectivity index (χ0v) is 17.9. The molecule has 0 aromatic heterocycles. The predicted molar refractivity (Wildman–Crippen MR) is 116 cm³/mol. The number of carbonyl (C=O) groups excluding carboxylic acids is 1. The van der Waals surface area contributed by atoms with Gasteiger partial charge in [-0.1, -0.05) is 18.2 Å². The Morgan fingerprint density at radius 2 is 1.66 bits per heavy atom. The van der Waals surface area contributed by atoms with Crippen molar-refractivity contribution < 1.29 is 19.0 Å². The molecule has 0 atom stereocenters. The van der Waals surface area contributed by atoms with Gasteiger partial charge in [0.15, 0.2) is 11.5 Å². The molecule has 0 aliphatic carbocycles. The Morgan fingerprint density at radius 3 is 2.21 bits per heavy atom. The van der Waals surface area contributed by atoms with Crippen molar-refractivity contribution in [2.45, 2.75) is 26.2 Å². The number of para-hydroxylation sites is 1. The average molecular weight is 401 g/mol. The van der Waals surface area contributed by atoms with Crippen LogP contribution in [0.4, 0.5) is 5.69 Å². The number of amides is 1. The van der Waals surface area contributed by atoms with Crippen LogP contribution in [0.25, 0.3) is 0 Å². The minimum atomic E-state index is 0.0431. The zero-order valence-electron chi connectivity index (χ0n) is 17.9. The highest BCUT2D eigenvalue weighted by atomic mass is 16.5. The van der Waals surface area contributed by atoms with Crippen LogP contribution in [0.1, 0.15) is 25.3 Å². The van der Waals surface area contributed by atoms with Gasteiger partial charge in [0.1, 0.15) is 0 Å². The van der Waals surface area contributed by atoms with E-state index in [-0.39, 0.29) is 5.91 Å². The number of nitrogens with one attached hydrogen (secondary N) is 1. The third-order valence-electron chi connectivity index (χ3n) is 4.80. The standard InChI is InChI=1S/C23H32N2O4/c1-5-25(19-10-7-6-8-11-19)15-9-14-24-22(26)13-12-18-16-20(27-2)23(29-4)21(17-18)28-3/h6-8,10-11,16-17H,5,9,12-15H2,1-4H3,(H,24,26). The van der Waals surface area contributed by atoms with Crippen LogP contribution in [-0.4, -0.2) is 46.9 Å². The van der Waals surface area contributed by atoms with Gasteiger partial charge < -0.3 is 24.4 Å². The van der Waals surface area contributed by atoms with Gasteiger partial charge in [0.2, 0.25) is 11.7 Å². The highest BCUT2D eigenvalue weighted by molar-refractivity contribution is 5.76. The molecule has 2 aromatic rings. The summed E-state index contributed by atoms with van der Waals surface area (Å²) < 4.78 is 16.1. The summed E-state index contributed by atoms with van der Waals surface area (Å²) in [5, 5.41) is 3.01. The first-order valence-electron chi connectivity index (χ1n) is 9.98. The number of benzene rings is 2. The van der Waals surface area contributed by atoms with Crippen LogP contribution in [-0.2, 0) is 11.2 Å². The van der Waals surface area contributed by atoms with Gasteiger partial charge in [0.25, 0.3) is 0 Å². The van der Waals surface area contributed by atoms with Gasteiger partial charge in [0, 0.05) is 31.7 Å². The highest BCUT2D eigenvalue weighted by Crippen LogP contribution is 2.38. The Balaban J connectivity index is 1.78. The molecule has 0 aliphatic rings. The van der Waals surface area contributed by atoms with Crippen molar-refractivity contribution in [3.8, 4) is 17.2 Å². The number of carbonyl (C=O) groups is 1. The summed E-state index contributed by atoms with van der Waals surface area (Å²) in [7, 11) is 4.75. The molecule has 0 radical (unpaired) electrons. The van der Waals surface area contributed by atoms with Crippen LogP contribution in [0.3, 0.4) is 0 Å². The molecular weight excluding hydrogens is 368 g/mol. The molecule has 0 spiro atoms. The van der Waals surface area contributed by atoms with Crippen molar-refractivity contribution >= 4 is 11.6 Å². The fourth-order valence-corrected chi connectivity index (χ4v) is 3.23. The molecular formula is C23H32N2O4. The summed E-state index contributed by atoms with van der Waals surface area (Å²) in [6, 6.07) is 14.1. The number of anilines is 1. The largest absolute Gasteiger partial charge is 0.493 e. The molecule has 0 heterocycles. The third kappa shape index (κ3) is 6.59. The van der Waals surface area contributed by atoms with E-state index in [4.69, 9.17) is 14.2 Å². The summed E-state index contributed by atoms with van der Waals surface area (Å²) in [6.07, 6.45) is 1.92. The molecule has 2 rings (SSSR count). The van der Waals surface area contributed by atoms with Crippen LogP contribution in [0.15, 0.2) is 42.5 Å². The maximum Gasteiger partial charge on any atom is 0.220 e. The topological polar surface area (TPSA) is 60.0 Å². The number of methoxy groups -OCH3 is 3. The molecule has 0 unspecified atom stereocenters. The van der Waals surface area contributed by atoms with Crippen molar-refractivity contribution in [3.05, 3.63) is 48.0 Å². The van der Waals surface area contributed by atoms with E-state index in [1.165, 1.54) is 5.69 Å². The summed E-state index contributed by atoms with van der Waals surface area (Å²) in [6.45, 7) is 4.66. The predicted octanol–water partition coefficient (Wildman–Crippen LogP) is 3.68. The molecule has 0 aliphatic heterocycles. The zero-order chi connectivity index (χ0) is 21.1. The maximum absolute atomic E-state index is 12.2. The third-order valence-corrected chi connectivity index (χ3v) is 4.80. The monoisotopic (exact) mass is 400 g/mol. The fourth-order valence-electron chi connectivity index (χ4n) is 3.23. The SMILES string of the molecule is CCN(CCCNC(=O)CCc1cc(OC)c(OC)c(OC)c1)c1ccccc1. The Kier molecular flexibility index (Phi) is 9.15. The summed E-state index contributed by atoms with van der Waals surface area (Å²) in [5.74, 6) is 1.80. The van der Waals surface area contributed by atoms with Gasteiger partial charge in [-0.15, -0.1) is 0 Å². The summed E-state index contributed by atoms with van der Waals surface area (Å²) in [4.78, 5) is 14.5. The smallest absolute Gasteiger partial charge is 0.220 e. The molecule has 1 N–H and O–H groups in total. The number of ether oxygens (including phenoxy) is 3. The van der Waals surface area contributed by atoms with Gasteiger partial charge in [-0.25, -0.2) is 0 Å². The minimum absolute atomic E-state index is 0.0431. The second kappa shape index (κ2) is 11.8. The Bertz CT molecular complexity index is 740. The van der Waals surface area contributed by atoms with Gasteiger partial charge >= 0.3 is 0 Å². The van der Waals surface area contributed by atoms with Gasteiger partial charge in [-0.05, 0) is 49.6 Å². The van der Waals surface area contributed by atoms with E-state index in [2.05, 4.69) is 29.3 Å². The molecule has 0 bridgehead atoms. The lowest BCUT2D eigenvalue weighted by Crippen LogP contribution is -2.30. The second-order valence-electron chi connectivity index (χ2n) is 6.65. The van der Waals surface area contributed by atoms with E-state index in [0.717, 1.165) is 25.1 Å². The first kappa shape index (κ1) is 22.4. The lowest BCUT2D eigenvalue weighted by atomic mass is 10.1. The van der Waals surface area contributed by atoms with E-state index >= 15 is 0 Å². The fraction of sp³-hybridized carbons (Fsp3) is 0.435. The van der Waals surface area contributed by atoms with Crippen molar-refractivity contribution in [2.75, 3.05) is 45.9 Å². The van der Waals surface area contributed by atoms with E-state index < -0.39 is 0 Å². The van der Waals surface area contributed by atoms with Gasteiger partial charge in [-0.3, -0.25) is 4.79 Å². The van der Waals surface area contributed by atoms with E-state index in [1.54, 1.807) is 21.3 Å². The Hall–Kier alpha value is -2.89. The minimum Gasteiger partial charge on any atom is -0.493 e. The summed E-state index contributed by atoms with van der Waals surface area (Å²) in [5.41, 5.74) is 2.18. The Labute approximate surface area is 173 Å². The molecule has 0 saturated heterocycles. The highest BCUT2D eigenvalue weighted by Gasteiger charge is 2.14. The van der Waals surface area contributed by atoms with Crippen LogP contribution >= 0.6 is 0 Å². The van der Waals surface area contributed by atoms with Crippen LogP contribution < -0.4 is 24.4 Å². The van der Waals surface area contributed by atoms with Crippen molar-refractivity contribution in [1.82, 2.24) is 5.32 Å². The number of aryl methyl sites for hydroxylation is 1. The number of hydrogen-bond donors (Lipinski definition) is 1. The van der Waals surface area contributed by atoms with Gasteiger partial charge in [-0.2, -0.15) is 0 Å². The normalized spacial score (nSPS) is 10.3. The van der Waals surface area contributed by atoms with Gasteiger partial charge in [0.05, 0.1) is 21.3 Å². The molecule has 6 nitrogen and oxygen atoms in total. The lowest BCUT2D eigenvalue weighted by Gasteiger charge is -2.23. The molecule has 158 valence electrons. The Morgan fingerprint density at radius 1 is 1.00 bits per heavy atom.